The number of sulfonamides is 1. The van der Waals surface area contributed by atoms with Crippen LogP contribution in [0.25, 0.3) is 0 Å². The second-order valence-electron chi connectivity index (χ2n) is 7.26. The fraction of sp³-hybridized carbons (Fsp3) is 0.318. The number of piperidine rings is 1. The maximum Gasteiger partial charge on any atom is 0.339 e. The van der Waals surface area contributed by atoms with Crippen LogP contribution >= 0.6 is 0 Å². The Bertz CT molecular complexity index is 1150. The molecule has 1 saturated heterocycles. The maximum absolute atomic E-state index is 14.0. The van der Waals surface area contributed by atoms with E-state index in [1.165, 1.54) is 47.8 Å². The molecule has 8 nitrogen and oxygen atoms in total. The summed E-state index contributed by atoms with van der Waals surface area (Å²) in [6, 6.07) is 12.2. The summed E-state index contributed by atoms with van der Waals surface area (Å²) in [5.41, 5.74) is 0.0133. The topological polar surface area (TPSA) is 117 Å². The van der Waals surface area contributed by atoms with Gasteiger partial charge in [-0.2, -0.15) is 9.57 Å². The number of rotatable bonds is 6. The molecule has 10 heteroatoms. The summed E-state index contributed by atoms with van der Waals surface area (Å²) in [6.45, 7) is 0.125. The van der Waals surface area contributed by atoms with Gasteiger partial charge in [0, 0.05) is 24.6 Å². The number of nitrogens with one attached hydrogen (secondary N) is 1. The van der Waals surface area contributed by atoms with Crippen LogP contribution < -0.4 is 5.32 Å². The first-order valence-corrected chi connectivity index (χ1v) is 11.4. The van der Waals surface area contributed by atoms with Crippen LogP contribution in [0.15, 0.2) is 53.4 Å². The molecule has 1 fully saturated rings. The van der Waals surface area contributed by atoms with Crippen molar-refractivity contribution in [2.75, 3.05) is 20.2 Å². The van der Waals surface area contributed by atoms with E-state index in [4.69, 9.17) is 0 Å². The molecule has 1 unspecified atom stereocenters. The van der Waals surface area contributed by atoms with Crippen LogP contribution in [0.2, 0.25) is 0 Å². The predicted octanol–water partition coefficient (Wildman–Crippen LogP) is 2.39. The van der Waals surface area contributed by atoms with Crippen molar-refractivity contribution in [3.05, 3.63) is 65.5 Å². The fourth-order valence-electron chi connectivity index (χ4n) is 3.62. The van der Waals surface area contributed by atoms with E-state index in [0.29, 0.717) is 0 Å². The Morgan fingerprint density at radius 1 is 1.16 bits per heavy atom. The average molecular weight is 459 g/mol. The predicted molar refractivity (Wildman–Crippen MR) is 112 cm³/mol. The second-order valence-corrected chi connectivity index (χ2v) is 9.16. The minimum atomic E-state index is -3.97. The van der Waals surface area contributed by atoms with E-state index in [1.807, 2.05) is 6.07 Å². The molecule has 1 N–H and O–H groups in total. The minimum absolute atomic E-state index is 0.0587. The summed E-state index contributed by atoms with van der Waals surface area (Å²) in [4.78, 5) is 24.5. The molecule has 0 saturated carbocycles. The molecule has 1 heterocycles. The largest absolute Gasteiger partial charge is 0.465 e. The Hall–Kier alpha value is -3.29. The molecule has 2 aromatic rings. The van der Waals surface area contributed by atoms with Gasteiger partial charge in [-0.1, -0.05) is 30.3 Å². The molecule has 0 radical (unpaired) electrons. The minimum Gasteiger partial charge on any atom is -0.465 e. The van der Waals surface area contributed by atoms with Crippen molar-refractivity contribution in [3.8, 4) is 6.07 Å². The number of halogens is 1. The van der Waals surface area contributed by atoms with E-state index < -0.39 is 39.7 Å². The number of benzene rings is 2. The van der Waals surface area contributed by atoms with E-state index in [2.05, 4.69) is 10.1 Å². The molecular formula is C22H22FN3O5S. The third-order valence-corrected chi connectivity index (χ3v) is 7.32. The maximum atomic E-state index is 14.0. The summed E-state index contributed by atoms with van der Waals surface area (Å²) >= 11 is 0. The first-order valence-electron chi connectivity index (χ1n) is 9.91. The van der Waals surface area contributed by atoms with Crippen molar-refractivity contribution in [2.45, 2.75) is 23.8 Å². The van der Waals surface area contributed by atoms with Gasteiger partial charge in [-0.15, -0.1) is 0 Å². The van der Waals surface area contributed by atoms with Gasteiger partial charge in [-0.3, -0.25) is 4.79 Å². The van der Waals surface area contributed by atoms with Crippen LogP contribution in [0, 0.1) is 23.1 Å². The Kier molecular flexibility index (Phi) is 7.22. The lowest BCUT2D eigenvalue weighted by Crippen LogP contribution is -2.43. The van der Waals surface area contributed by atoms with Crippen molar-refractivity contribution in [1.29, 1.82) is 5.26 Å². The molecule has 32 heavy (non-hydrogen) atoms. The summed E-state index contributed by atoms with van der Waals surface area (Å²) in [7, 11) is -2.80. The number of ether oxygens (including phenoxy) is 1. The number of esters is 1. The monoisotopic (exact) mass is 459 g/mol. The van der Waals surface area contributed by atoms with Crippen molar-refractivity contribution < 1.29 is 27.1 Å². The van der Waals surface area contributed by atoms with Gasteiger partial charge < -0.3 is 10.1 Å². The number of amides is 1. The standard InChI is InChI=1S/C22H22FN3O5S/c1-31-22(28)17-7-3-5-9-20(17)32(29,30)26-12-10-15(11-13-26)21(27)25-19(14-24)16-6-2-4-8-18(16)23/h2-9,15,19H,10-13H2,1H3,(H,25,27). The zero-order valence-corrected chi connectivity index (χ0v) is 18.1. The molecule has 1 aliphatic rings. The van der Waals surface area contributed by atoms with Gasteiger partial charge in [0.05, 0.1) is 23.6 Å². The molecule has 1 amide bonds. The number of carbonyl (C=O) groups is 2. The van der Waals surface area contributed by atoms with Gasteiger partial charge in [-0.05, 0) is 31.0 Å². The first-order chi connectivity index (χ1) is 15.3. The molecule has 168 valence electrons. The molecule has 1 aliphatic heterocycles. The fourth-order valence-corrected chi connectivity index (χ4v) is 5.27. The van der Waals surface area contributed by atoms with E-state index in [1.54, 1.807) is 12.1 Å². The summed E-state index contributed by atoms with van der Waals surface area (Å²) in [5.74, 6) is -2.31. The van der Waals surface area contributed by atoms with Gasteiger partial charge in [0.1, 0.15) is 11.9 Å². The van der Waals surface area contributed by atoms with E-state index in [-0.39, 0.29) is 42.0 Å². The van der Waals surface area contributed by atoms with Crippen molar-refractivity contribution in [2.24, 2.45) is 5.92 Å². The molecule has 0 bridgehead atoms. The Morgan fingerprint density at radius 3 is 2.41 bits per heavy atom. The summed E-state index contributed by atoms with van der Waals surface area (Å²) in [5, 5.41) is 11.9. The van der Waals surface area contributed by atoms with E-state index in [9.17, 15) is 27.7 Å². The number of nitrogens with zero attached hydrogens (tertiary/aromatic N) is 2. The number of methoxy groups -OCH3 is 1. The number of carbonyl (C=O) groups excluding carboxylic acids is 2. The summed E-state index contributed by atoms with van der Waals surface area (Å²) in [6.07, 6.45) is 0.446. The van der Waals surface area contributed by atoms with Gasteiger partial charge >= 0.3 is 5.97 Å². The van der Waals surface area contributed by atoms with Crippen molar-refractivity contribution in [3.63, 3.8) is 0 Å². The SMILES string of the molecule is COC(=O)c1ccccc1S(=O)(=O)N1CCC(C(=O)NC(C#N)c2ccccc2F)CC1. The highest BCUT2D eigenvalue weighted by Gasteiger charge is 2.35. The number of hydrogen-bond acceptors (Lipinski definition) is 6. The molecule has 0 aromatic heterocycles. The number of nitriles is 1. The lowest BCUT2D eigenvalue weighted by atomic mass is 9.96. The third kappa shape index (κ3) is 4.79. The first kappa shape index (κ1) is 23.4. The second kappa shape index (κ2) is 9.89. The molecule has 2 aromatic carbocycles. The summed E-state index contributed by atoms with van der Waals surface area (Å²) < 4.78 is 46.0. The van der Waals surface area contributed by atoms with E-state index in [0.717, 1.165) is 0 Å². The quantitative estimate of drug-likeness (QED) is 0.663. The zero-order valence-electron chi connectivity index (χ0n) is 17.3. The lowest BCUT2D eigenvalue weighted by Gasteiger charge is -2.31. The van der Waals surface area contributed by atoms with E-state index >= 15 is 0 Å². The molecule has 1 atom stereocenters. The Labute approximate surface area is 185 Å². The van der Waals surface area contributed by atoms with Crippen LogP contribution in [-0.2, 0) is 19.6 Å². The van der Waals surface area contributed by atoms with Crippen LogP contribution in [-0.4, -0.2) is 44.8 Å². The van der Waals surface area contributed by atoms with Crippen LogP contribution in [0.4, 0.5) is 4.39 Å². The van der Waals surface area contributed by atoms with Gasteiger partial charge in [0.2, 0.25) is 15.9 Å². The molecule has 0 spiro atoms. The number of hydrogen-bond donors (Lipinski definition) is 1. The highest BCUT2D eigenvalue weighted by molar-refractivity contribution is 7.89. The Morgan fingerprint density at radius 2 is 1.78 bits per heavy atom. The smallest absolute Gasteiger partial charge is 0.339 e. The lowest BCUT2D eigenvalue weighted by molar-refractivity contribution is -0.126. The highest BCUT2D eigenvalue weighted by Crippen LogP contribution is 2.27. The van der Waals surface area contributed by atoms with Gasteiger partial charge in [0.25, 0.3) is 0 Å². The van der Waals surface area contributed by atoms with Crippen LogP contribution in [0.5, 0.6) is 0 Å². The normalized spacial score (nSPS) is 16.0. The highest BCUT2D eigenvalue weighted by atomic mass is 32.2. The van der Waals surface area contributed by atoms with Gasteiger partial charge in [-0.25, -0.2) is 17.6 Å². The third-order valence-electron chi connectivity index (χ3n) is 5.37. The molecule has 3 rings (SSSR count). The average Bonchev–Trinajstić information content (AvgIpc) is 2.82. The molecular weight excluding hydrogens is 437 g/mol. The van der Waals surface area contributed by atoms with Crippen molar-refractivity contribution >= 4 is 21.9 Å². The molecule has 0 aliphatic carbocycles. The zero-order chi connectivity index (χ0) is 23.3. The van der Waals surface area contributed by atoms with Crippen LogP contribution in [0.1, 0.15) is 34.8 Å². The van der Waals surface area contributed by atoms with Crippen LogP contribution in [0.3, 0.4) is 0 Å². The van der Waals surface area contributed by atoms with Gasteiger partial charge in [0.15, 0.2) is 0 Å². The Balaban J connectivity index is 1.69. The van der Waals surface area contributed by atoms with Crippen molar-refractivity contribution in [1.82, 2.24) is 9.62 Å².